The minimum Gasteiger partial charge on any atom is -0.491 e. The molecule has 1 saturated heterocycles. The van der Waals surface area contributed by atoms with E-state index in [0.29, 0.717) is 76.6 Å². The third-order valence-corrected chi connectivity index (χ3v) is 8.86. The summed E-state index contributed by atoms with van der Waals surface area (Å²) in [6.07, 6.45) is 1.85. The molecule has 12 heteroatoms. The Balaban J connectivity index is 1.36. The number of anilines is 1. The predicted octanol–water partition coefficient (Wildman–Crippen LogP) is 4.34. The van der Waals surface area contributed by atoms with Crippen molar-refractivity contribution >= 4 is 11.6 Å². The number of hydrogen-bond donors (Lipinski definition) is 3. The van der Waals surface area contributed by atoms with Crippen LogP contribution in [-0.4, -0.2) is 108 Å². The zero-order valence-electron chi connectivity index (χ0n) is 30.6. The first-order chi connectivity index (χ1) is 24.8. The maximum absolute atomic E-state index is 13.8. The quantitative estimate of drug-likeness (QED) is 0.129. The first-order valence-corrected chi connectivity index (χ1v) is 17.9. The zero-order valence-corrected chi connectivity index (χ0v) is 30.6. The van der Waals surface area contributed by atoms with Crippen molar-refractivity contribution in [3.8, 4) is 16.9 Å². The molecule has 3 aromatic rings. The minimum absolute atomic E-state index is 0.0107. The van der Waals surface area contributed by atoms with Gasteiger partial charge in [-0.25, -0.2) is 0 Å². The lowest BCUT2D eigenvalue weighted by Gasteiger charge is -2.37. The molecular weight excluding hydrogens is 654 g/mol. The number of rotatable bonds is 22. The highest BCUT2D eigenvalue weighted by Gasteiger charge is 2.25. The van der Waals surface area contributed by atoms with Gasteiger partial charge in [-0.2, -0.15) is 0 Å². The lowest BCUT2D eigenvalue weighted by Crippen LogP contribution is -2.40. The number of amides is 1. The van der Waals surface area contributed by atoms with E-state index in [1.165, 1.54) is 0 Å². The molecule has 280 valence electrons. The first-order valence-electron chi connectivity index (χ1n) is 17.9. The second kappa shape index (κ2) is 21.6. The number of aliphatic hydroxyl groups is 1. The molecule has 1 aliphatic heterocycles. The molecular formula is C39H55N3O9. The number of aromatic amines is 1. The number of H-pyrrole nitrogens is 1. The lowest BCUT2D eigenvalue weighted by atomic mass is 9.95. The van der Waals surface area contributed by atoms with Crippen molar-refractivity contribution < 1.29 is 38.3 Å². The van der Waals surface area contributed by atoms with Crippen LogP contribution in [-0.2, 0) is 30.2 Å². The van der Waals surface area contributed by atoms with Crippen molar-refractivity contribution in [1.29, 1.82) is 0 Å². The summed E-state index contributed by atoms with van der Waals surface area (Å²) in [5.74, 6) is 0.497. The molecule has 1 fully saturated rings. The van der Waals surface area contributed by atoms with Gasteiger partial charge in [-0.15, -0.1) is 0 Å². The van der Waals surface area contributed by atoms with E-state index in [2.05, 4.69) is 28.2 Å². The highest BCUT2D eigenvalue weighted by molar-refractivity contribution is 5.99. The Hall–Kier alpha value is -3.78. The Kier molecular flexibility index (Phi) is 16.9. The molecule has 0 bridgehead atoms. The molecule has 0 radical (unpaired) electrons. The number of ether oxygens (including phenoxy) is 6. The molecule has 0 saturated carbocycles. The van der Waals surface area contributed by atoms with Crippen LogP contribution < -0.4 is 20.5 Å². The van der Waals surface area contributed by atoms with E-state index in [9.17, 15) is 9.59 Å². The molecule has 3 N–H and O–H groups in total. The smallest absolute Gasteiger partial charge is 0.253 e. The van der Waals surface area contributed by atoms with Gasteiger partial charge >= 0.3 is 0 Å². The van der Waals surface area contributed by atoms with E-state index >= 15 is 0 Å². The minimum atomic E-state index is -0.225. The second-order valence-electron chi connectivity index (χ2n) is 12.5. The average Bonchev–Trinajstić information content (AvgIpc) is 3.13. The number of aliphatic hydroxyl groups excluding tert-OH is 1. The number of aromatic nitrogens is 1. The predicted molar refractivity (Wildman–Crippen MR) is 197 cm³/mol. The van der Waals surface area contributed by atoms with Crippen molar-refractivity contribution in [2.75, 3.05) is 90.7 Å². The topological polar surface area (TPSA) is 141 Å². The zero-order chi connectivity index (χ0) is 36.4. The Morgan fingerprint density at radius 2 is 1.47 bits per heavy atom. The van der Waals surface area contributed by atoms with Crippen molar-refractivity contribution in [1.82, 2.24) is 10.3 Å². The second-order valence-corrected chi connectivity index (χ2v) is 12.5. The number of nitrogens with zero attached hydrogens (tertiary/aromatic N) is 1. The van der Waals surface area contributed by atoms with Gasteiger partial charge in [0.2, 0.25) is 0 Å². The molecule has 0 atom stereocenters. The fourth-order valence-electron chi connectivity index (χ4n) is 6.18. The summed E-state index contributed by atoms with van der Waals surface area (Å²) in [5.41, 5.74) is 6.38. The van der Waals surface area contributed by atoms with Crippen LogP contribution in [0.4, 0.5) is 5.69 Å². The van der Waals surface area contributed by atoms with Crippen LogP contribution in [0.2, 0.25) is 0 Å². The Morgan fingerprint density at radius 1 is 0.863 bits per heavy atom. The van der Waals surface area contributed by atoms with Gasteiger partial charge in [0, 0.05) is 54.9 Å². The third kappa shape index (κ3) is 12.4. The summed E-state index contributed by atoms with van der Waals surface area (Å²) < 4.78 is 33.2. The van der Waals surface area contributed by atoms with Gasteiger partial charge in [0.1, 0.15) is 12.4 Å². The Bertz CT molecular complexity index is 1550. The molecule has 0 aliphatic carbocycles. The van der Waals surface area contributed by atoms with Crippen molar-refractivity contribution in [2.45, 2.75) is 53.1 Å². The molecule has 4 rings (SSSR count). The Labute approximate surface area is 301 Å². The number of benzene rings is 2. The number of pyridine rings is 1. The average molecular weight is 710 g/mol. The summed E-state index contributed by atoms with van der Waals surface area (Å²) in [5, 5.41) is 11.7. The fraction of sp³-hybridized carbons (Fsp3) is 0.538. The number of nitrogens with one attached hydrogen (secondary N) is 2. The van der Waals surface area contributed by atoms with Crippen molar-refractivity contribution in [3.05, 3.63) is 80.8 Å². The van der Waals surface area contributed by atoms with E-state index in [0.717, 1.165) is 72.0 Å². The summed E-state index contributed by atoms with van der Waals surface area (Å²) in [6, 6.07) is 14.2. The van der Waals surface area contributed by atoms with Gasteiger partial charge in [0.05, 0.1) is 59.5 Å². The molecule has 2 aromatic carbocycles. The maximum Gasteiger partial charge on any atom is 0.253 e. The lowest BCUT2D eigenvalue weighted by molar-refractivity contribution is -0.00779. The largest absolute Gasteiger partial charge is 0.491 e. The van der Waals surface area contributed by atoms with Gasteiger partial charge in [-0.3, -0.25) is 9.59 Å². The summed E-state index contributed by atoms with van der Waals surface area (Å²) in [4.78, 5) is 31.7. The maximum atomic E-state index is 13.8. The van der Waals surface area contributed by atoms with Crippen molar-refractivity contribution in [2.24, 2.45) is 0 Å². The van der Waals surface area contributed by atoms with Crippen LogP contribution in [0.15, 0.2) is 47.3 Å². The molecule has 1 aliphatic rings. The van der Waals surface area contributed by atoms with Gasteiger partial charge in [0.25, 0.3) is 11.5 Å². The number of carbonyl (C=O) groups excluding carboxylic acids is 1. The first kappa shape index (κ1) is 40.0. The van der Waals surface area contributed by atoms with Crippen LogP contribution in [0.25, 0.3) is 11.1 Å². The van der Waals surface area contributed by atoms with Gasteiger partial charge < -0.3 is 48.7 Å². The molecule has 0 unspecified atom stereocenters. The molecule has 0 spiro atoms. The third-order valence-electron chi connectivity index (χ3n) is 8.86. The van der Waals surface area contributed by atoms with Crippen LogP contribution in [0.1, 0.15) is 52.5 Å². The SMILES string of the molecule is CCN(c1cc(-c2ccc(OCCOCCOCCOCCOCCO)cc2)cc(C(=O)NCc2c(C)cc(C)[nH]c2=O)c1C)C1CCOCC1. The number of aryl methyl sites for hydroxylation is 2. The fourth-order valence-corrected chi connectivity index (χ4v) is 6.18. The molecule has 1 amide bonds. The van der Waals surface area contributed by atoms with E-state index in [1.807, 2.05) is 57.2 Å². The van der Waals surface area contributed by atoms with Gasteiger partial charge in [-0.05, 0) is 93.1 Å². The van der Waals surface area contributed by atoms with E-state index in [1.54, 1.807) is 0 Å². The molecule has 51 heavy (non-hydrogen) atoms. The van der Waals surface area contributed by atoms with E-state index in [4.69, 9.17) is 33.5 Å². The van der Waals surface area contributed by atoms with Crippen LogP contribution >= 0.6 is 0 Å². The van der Waals surface area contributed by atoms with E-state index in [-0.39, 0.29) is 24.6 Å². The van der Waals surface area contributed by atoms with Crippen LogP contribution in [0.3, 0.4) is 0 Å². The van der Waals surface area contributed by atoms with Crippen LogP contribution in [0, 0.1) is 20.8 Å². The van der Waals surface area contributed by atoms with E-state index < -0.39 is 0 Å². The van der Waals surface area contributed by atoms with Crippen molar-refractivity contribution in [3.63, 3.8) is 0 Å². The molecule has 1 aromatic heterocycles. The Morgan fingerprint density at radius 3 is 2.06 bits per heavy atom. The number of hydrogen-bond acceptors (Lipinski definition) is 10. The molecule has 2 heterocycles. The van der Waals surface area contributed by atoms with Gasteiger partial charge in [-0.1, -0.05) is 12.1 Å². The monoisotopic (exact) mass is 709 g/mol. The highest BCUT2D eigenvalue weighted by Crippen LogP contribution is 2.34. The normalized spacial score (nSPS) is 13.4. The highest BCUT2D eigenvalue weighted by atomic mass is 16.6. The van der Waals surface area contributed by atoms with Gasteiger partial charge in [0.15, 0.2) is 0 Å². The van der Waals surface area contributed by atoms with Crippen LogP contribution in [0.5, 0.6) is 5.75 Å². The number of carbonyl (C=O) groups is 1. The summed E-state index contributed by atoms with van der Waals surface area (Å²) in [7, 11) is 0. The summed E-state index contributed by atoms with van der Waals surface area (Å²) >= 11 is 0. The summed E-state index contributed by atoms with van der Waals surface area (Å²) in [6.45, 7) is 14.2. The molecule has 12 nitrogen and oxygen atoms in total. The standard InChI is InChI=1S/C39H55N3O9/c1-5-42(33-10-13-46-14-11-33)37-26-32(25-35(30(37)4)38(44)40-27-36-28(2)24-29(3)41-39(36)45)31-6-8-34(9-7-31)51-23-22-50-21-20-49-19-18-48-17-16-47-15-12-43/h6-9,24-26,33,43H,5,10-23,27H2,1-4H3,(H,40,44)(H,41,45).